The number of benzene rings is 1. The van der Waals surface area contributed by atoms with Crippen LogP contribution in [0.3, 0.4) is 0 Å². The SMILES string of the molecule is CC(Oc1cccc(Cl)c1)c1nncn1C1CC1. The number of hydrogen-bond donors (Lipinski definition) is 0. The molecule has 0 saturated heterocycles. The van der Waals surface area contributed by atoms with Crippen molar-refractivity contribution in [3.05, 3.63) is 41.4 Å². The lowest BCUT2D eigenvalue weighted by Crippen LogP contribution is -2.10. The van der Waals surface area contributed by atoms with Gasteiger partial charge in [0.15, 0.2) is 11.9 Å². The van der Waals surface area contributed by atoms with E-state index in [4.69, 9.17) is 16.3 Å². The molecule has 0 N–H and O–H groups in total. The molecule has 0 spiro atoms. The van der Waals surface area contributed by atoms with Crippen LogP contribution in [0.2, 0.25) is 5.02 Å². The van der Waals surface area contributed by atoms with Crippen LogP contribution in [0.1, 0.15) is 37.7 Å². The second-order valence-corrected chi connectivity index (χ2v) is 4.98. The van der Waals surface area contributed by atoms with Crippen LogP contribution in [0.25, 0.3) is 0 Å². The Hall–Kier alpha value is -1.55. The summed E-state index contributed by atoms with van der Waals surface area (Å²) in [6.45, 7) is 1.98. The summed E-state index contributed by atoms with van der Waals surface area (Å²) in [4.78, 5) is 0. The molecule has 1 unspecified atom stereocenters. The molecule has 1 aromatic carbocycles. The fourth-order valence-electron chi connectivity index (χ4n) is 1.97. The van der Waals surface area contributed by atoms with Crippen LogP contribution in [-0.4, -0.2) is 14.8 Å². The highest BCUT2D eigenvalue weighted by Crippen LogP contribution is 2.36. The van der Waals surface area contributed by atoms with Crippen molar-refractivity contribution in [2.45, 2.75) is 31.9 Å². The van der Waals surface area contributed by atoms with Crippen molar-refractivity contribution >= 4 is 11.6 Å². The third-order valence-corrected chi connectivity index (χ3v) is 3.25. The van der Waals surface area contributed by atoms with Gasteiger partial charge in [0.1, 0.15) is 12.1 Å². The molecule has 0 radical (unpaired) electrons. The third kappa shape index (κ3) is 2.34. The Morgan fingerprint density at radius 1 is 1.44 bits per heavy atom. The highest BCUT2D eigenvalue weighted by Gasteiger charge is 2.28. The normalized spacial score (nSPS) is 16.6. The van der Waals surface area contributed by atoms with Crippen LogP contribution >= 0.6 is 11.6 Å². The van der Waals surface area contributed by atoms with E-state index in [2.05, 4.69) is 14.8 Å². The first-order valence-corrected chi connectivity index (χ1v) is 6.43. The van der Waals surface area contributed by atoms with Gasteiger partial charge in [0.05, 0.1) is 0 Å². The molecule has 94 valence electrons. The molecule has 1 fully saturated rings. The predicted octanol–water partition coefficient (Wildman–Crippen LogP) is 3.41. The quantitative estimate of drug-likeness (QED) is 0.849. The lowest BCUT2D eigenvalue weighted by molar-refractivity contribution is 0.210. The molecule has 1 saturated carbocycles. The number of rotatable bonds is 4. The van der Waals surface area contributed by atoms with Crippen LogP contribution in [0.5, 0.6) is 5.75 Å². The second-order valence-electron chi connectivity index (χ2n) is 4.55. The summed E-state index contributed by atoms with van der Waals surface area (Å²) in [5, 5.41) is 8.79. The van der Waals surface area contributed by atoms with E-state index in [9.17, 15) is 0 Å². The number of ether oxygens (including phenoxy) is 1. The van der Waals surface area contributed by atoms with Crippen LogP contribution in [-0.2, 0) is 0 Å². The highest BCUT2D eigenvalue weighted by molar-refractivity contribution is 6.30. The van der Waals surface area contributed by atoms with Crippen molar-refractivity contribution < 1.29 is 4.74 Å². The van der Waals surface area contributed by atoms with Crippen molar-refractivity contribution in [3.63, 3.8) is 0 Å². The molecule has 3 rings (SSSR count). The molecule has 5 heteroatoms. The van der Waals surface area contributed by atoms with Gasteiger partial charge >= 0.3 is 0 Å². The van der Waals surface area contributed by atoms with Crippen LogP contribution in [0.4, 0.5) is 0 Å². The summed E-state index contributed by atoms with van der Waals surface area (Å²) in [6, 6.07) is 7.94. The third-order valence-electron chi connectivity index (χ3n) is 3.01. The maximum absolute atomic E-state index is 5.93. The number of aromatic nitrogens is 3. The molecular weight excluding hydrogens is 250 g/mol. The maximum atomic E-state index is 5.93. The largest absolute Gasteiger partial charge is 0.483 e. The van der Waals surface area contributed by atoms with E-state index in [1.165, 1.54) is 12.8 Å². The van der Waals surface area contributed by atoms with Gasteiger partial charge < -0.3 is 9.30 Å². The molecule has 1 aromatic heterocycles. The summed E-state index contributed by atoms with van der Waals surface area (Å²) in [5.74, 6) is 1.62. The van der Waals surface area contributed by atoms with Gasteiger partial charge in [0, 0.05) is 11.1 Å². The van der Waals surface area contributed by atoms with Crippen molar-refractivity contribution in [2.75, 3.05) is 0 Å². The van der Waals surface area contributed by atoms with E-state index in [0.29, 0.717) is 11.1 Å². The fraction of sp³-hybridized carbons (Fsp3) is 0.385. The number of halogens is 1. The highest BCUT2D eigenvalue weighted by atomic mass is 35.5. The Morgan fingerprint density at radius 3 is 3.00 bits per heavy atom. The molecule has 2 aromatic rings. The molecule has 4 nitrogen and oxygen atoms in total. The lowest BCUT2D eigenvalue weighted by Gasteiger charge is -2.15. The van der Waals surface area contributed by atoms with Crippen LogP contribution in [0.15, 0.2) is 30.6 Å². The molecular formula is C13H14ClN3O. The van der Waals surface area contributed by atoms with Crippen molar-refractivity contribution in [2.24, 2.45) is 0 Å². The van der Waals surface area contributed by atoms with E-state index < -0.39 is 0 Å². The van der Waals surface area contributed by atoms with Gasteiger partial charge in [-0.3, -0.25) is 0 Å². The number of hydrogen-bond acceptors (Lipinski definition) is 3. The number of nitrogens with zero attached hydrogens (tertiary/aromatic N) is 3. The molecule has 0 bridgehead atoms. The standard InChI is InChI=1S/C13H14ClN3O/c1-9(18-12-4-2-3-10(14)7-12)13-16-15-8-17(13)11-5-6-11/h2-4,7-9,11H,5-6H2,1H3. The molecule has 1 heterocycles. The fourth-order valence-corrected chi connectivity index (χ4v) is 2.15. The van der Waals surface area contributed by atoms with Gasteiger partial charge in [-0.2, -0.15) is 0 Å². The Kier molecular flexibility index (Phi) is 2.96. The molecule has 18 heavy (non-hydrogen) atoms. The Labute approximate surface area is 111 Å². The van der Waals surface area contributed by atoms with Crippen molar-refractivity contribution in [1.82, 2.24) is 14.8 Å². The zero-order chi connectivity index (χ0) is 12.5. The predicted molar refractivity (Wildman–Crippen MR) is 68.8 cm³/mol. The molecule has 0 aliphatic heterocycles. The maximum Gasteiger partial charge on any atom is 0.173 e. The minimum atomic E-state index is -0.133. The monoisotopic (exact) mass is 263 g/mol. The average Bonchev–Trinajstić information content (AvgIpc) is 3.06. The zero-order valence-corrected chi connectivity index (χ0v) is 10.8. The van der Waals surface area contributed by atoms with Crippen molar-refractivity contribution in [1.29, 1.82) is 0 Å². The minimum Gasteiger partial charge on any atom is -0.483 e. The minimum absolute atomic E-state index is 0.133. The first kappa shape index (κ1) is 11.5. The Bertz CT molecular complexity index is 551. The van der Waals surface area contributed by atoms with E-state index in [0.717, 1.165) is 11.6 Å². The average molecular weight is 264 g/mol. The van der Waals surface area contributed by atoms with Gasteiger partial charge in [-0.15, -0.1) is 10.2 Å². The smallest absolute Gasteiger partial charge is 0.173 e. The molecule has 1 aliphatic carbocycles. The molecule has 0 amide bonds. The molecule has 1 atom stereocenters. The van der Waals surface area contributed by atoms with E-state index in [1.807, 2.05) is 25.1 Å². The van der Waals surface area contributed by atoms with E-state index in [1.54, 1.807) is 12.4 Å². The first-order chi connectivity index (χ1) is 8.74. The molecule has 1 aliphatic rings. The van der Waals surface area contributed by atoms with E-state index in [-0.39, 0.29) is 6.10 Å². The van der Waals surface area contributed by atoms with Crippen LogP contribution in [0, 0.1) is 0 Å². The van der Waals surface area contributed by atoms with E-state index >= 15 is 0 Å². The van der Waals surface area contributed by atoms with Gasteiger partial charge in [0.25, 0.3) is 0 Å². The lowest BCUT2D eigenvalue weighted by atomic mass is 10.3. The van der Waals surface area contributed by atoms with Crippen LogP contribution < -0.4 is 4.74 Å². The summed E-state index contributed by atoms with van der Waals surface area (Å²) in [6.07, 6.45) is 4.06. The van der Waals surface area contributed by atoms with Gasteiger partial charge in [-0.25, -0.2) is 0 Å². The Morgan fingerprint density at radius 2 is 2.28 bits per heavy atom. The summed E-state index contributed by atoms with van der Waals surface area (Å²) in [7, 11) is 0. The first-order valence-electron chi connectivity index (χ1n) is 6.05. The van der Waals surface area contributed by atoms with Gasteiger partial charge in [0.2, 0.25) is 0 Å². The summed E-state index contributed by atoms with van der Waals surface area (Å²) < 4.78 is 7.96. The zero-order valence-electron chi connectivity index (χ0n) is 10.1. The van der Waals surface area contributed by atoms with Crippen molar-refractivity contribution in [3.8, 4) is 5.75 Å². The topological polar surface area (TPSA) is 39.9 Å². The Balaban J connectivity index is 1.78. The van der Waals surface area contributed by atoms with Gasteiger partial charge in [-0.05, 0) is 38.0 Å². The summed E-state index contributed by atoms with van der Waals surface area (Å²) >= 11 is 5.93. The van der Waals surface area contributed by atoms with Gasteiger partial charge in [-0.1, -0.05) is 17.7 Å². The summed E-state index contributed by atoms with van der Waals surface area (Å²) in [5.41, 5.74) is 0. The second kappa shape index (κ2) is 4.61.